The summed E-state index contributed by atoms with van der Waals surface area (Å²) < 4.78 is 11.3. The molecule has 2 heterocycles. The van der Waals surface area contributed by atoms with Crippen LogP contribution in [0.3, 0.4) is 0 Å². The quantitative estimate of drug-likeness (QED) is 0.595. The molecule has 0 bridgehead atoms. The van der Waals surface area contributed by atoms with Crippen molar-refractivity contribution < 1.29 is 13.9 Å². The van der Waals surface area contributed by atoms with Crippen LogP contribution in [-0.2, 0) is 11.3 Å². The van der Waals surface area contributed by atoms with Crippen LogP contribution in [-0.4, -0.2) is 36.0 Å². The lowest BCUT2D eigenvalue weighted by Crippen LogP contribution is -2.47. The van der Waals surface area contributed by atoms with Gasteiger partial charge in [-0.05, 0) is 56.9 Å². The maximum absolute atomic E-state index is 12.7. The highest BCUT2D eigenvalue weighted by Crippen LogP contribution is 2.29. The maximum Gasteiger partial charge on any atom is 0.336 e. The second kappa shape index (κ2) is 9.57. The summed E-state index contributed by atoms with van der Waals surface area (Å²) in [5.41, 5.74) is 3.01. The molecule has 3 aromatic rings. The zero-order chi connectivity index (χ0) is 22.7. The summed E-state index contributed by atoms with van der Waals surface area (Å²) in [6.45, 7) is 8.32. The molecule has 1 aliphatic rings. The molecule has 1 saturated heterocycles. The number of hydrogen-bond donors (Lipinski definition) is 1. The average Bonchev–Trinajstić information content (AvgIpc) is 2.78. The van der Waals surface area contributed by atoms with Crippen LogP contribution >= 0.6 is 0 Å². The highest BCUT2D eigenvalue weighted by molar-refractivity contribution is 5.85. The van der Waals surface area contributed by atoms with E-state index in [4.69, 9.17) is 9.15 Å². The third-order valence-electron chi connectivity index (χ3n) is 6.17. The van der Waals surface area contributed by atoms with E-state index in [0.717, 1.165) is 49.0 Å². The Balaban J connectivity index is 1.33. The monoisotopic (exact) mass is 434 g/mol. The number of carbonyl (C=O) groups excluding carboxylic acids is 1. The van der Waals surface area contributed by atoms with Crippen molar-refractivity contribution in [1.82, 2.24) is 10.2 Å². The minimum atomic E-state index is -0.648. The average molecular weight is 435 g/mol. The van der Waals surface area contributed by atoms with Crippen molar-refractivity contribution >= 4 is 16.9 Å². The second-order valence-electron chi connectivity index (χ2n) is 8.62. The number of piperidine rings is 1. The number of nitrogens with one attached hydrogen (secondary N) is 1. The van der Waals surface area contributed by atoms with Gasteiger partial charge in [-0.2, -0.15) is 0 Å². The van der Waals surface area contributed by atoms with Crippen LogP contribution in [0, 0.1) is 13.8 Å². The van der Waals surface area contributed by atoms with E-state index in [-0.39, 0.29) is 17.6 Å². The van der Waals surface area contributed by atoms with E-state index in [1.807, 2.05) is 32.0 Å². The summed E-state index contributed by atoms with van der Waals surface area (Å²) in [5, 5.41) is 4.00. The molecule has 0 unspecified atom stereocenters. The molecule has 0 spiro atoms. The van der Waals surface area contributed by atoms with Crippen LogP contribution in [0.2, 0.25) is 0 Å². The molecule has 1 N–H and O–H groups in total. The lowest BCUT2D eigenvalue weighted by Gasteiger charge is -2.33. The number of hydrogen-bond acceptors (Lipinski definition) is 5. The molecular formula is C26H30N2O4. The first kappa shape index (κ1) is 22.1. The van der Waals surface area contributed by atoms with Crippen LogP contribution in [0.1, 0.15) is 36.5 Å². The predicted octanol–water partition coefficient (Wildman–Crippen LogP) is 3.96. The lowest BCUT2D eigenvalue weighted by molar-refractivity contribution is -0.128. The van der Waals surface area contributed by atoms with Crippen LogP contribution in [0.5, 0.6) is 5.75 Å². The molecule has 32 heavy (non-hydrogen) atoms. The first-order valence-corrected chi connectivity index (χ1v) is 11.2. The van der Waals surface area contributed by atoms with E-state index < -0.39 is 6.10 Å². The van der Waals surface area contributed by atoms with Crippen molar-refractivity contribution in [2.24, 2.45) is 0 Å². The van der Waals surface area contributed by atoms with Crippen LogP contribution in [0.4, 0.5) is 0 Å². The maximum atomic E-state index is 12.7. The molecule has 1 fully saturated rings. The minimum Gasteiger partial charge on any atom is -0.480 e. The Bertz CT molecular complexity index is 1150. The largest absolute Gasteiger partial charge is 0.480 e. The number of ether oxygens (including phenoxy) is 1. The Morgan fingerprint density at radius 1 is 1.16 bits per heavy atom. The van der Waals surface area contributed by atoms with E-state index >= 15 is 0 Å². The molecule has 2 aromatic carbocycles. The van der Waals surface area contributed by atoms with Crippen LogP contribution < -0.4 is 15.7 Å². The zero-order valence-electron chi connectivity index (χ0n) is 18.9. The first-order chi connectivity index (χ1) is 15.4. The Labute approximate surface area is 188 Å². The van der Waals surface area contributed by atoms with E-state index in [9.17, 15) is 9.59 Å². The standard InChI is InChI=1S/C26H30N2O4/c1-17-15-24(29)32-25-18(2)23(10-9-22(17)25)31-19(3)26(30)27-21-11-13-28(14-12-21)16-20-7-5-4-6-8-20/h4-10,15,19,21H,11-14,16H2,1-3H3,(H,27,30)/t19-/m0/s1. The topological polar surface area (TPSA) is 71.8 Å². The van der Waals surface area contributed by atoms with Gasteiger partial charge in [0.15, 0.2) is 6.10 Å². The summed E-state index contributed by atoms with van der Waals surface area (Å²) in [6.07, 6.45) is 1.19. The van der Waals surface area contributed by atoms with E-state index in [1.54, 1.807) is 6.92 Å². The molecule has 0 saturated carbocycles. The van der Waals surface area contributed by atoms with Gasteiger partial charge in [0.05, 0.1) is 0 Å². The summed E-state index contributed by atoms with van der Waals surface area (Å²) >= 11 is 0. The van der Waals surface area contributed by atoms with Gasteiger partial charge in [0.2, 0.25) is 0 Å². The van der Waals surface area contributed by atoms with Gasteiger partial charge in [-0.25, -0.2) is 4.79 Å². The Hall–Kier alpha value is -3.12. The molecule has 6 nitrogen and oxygen atoms in total. The van der Waals surface area contributed by atoms with Gasteiger partial charge < -0.3 is 14.5 Å². The van der Waals surface area contributed by atoms with E-state index in [0.29, 0.717) is 11.3 Å². The molecule has 0 radical (unpaired) electrons. The highest BCUT2D eigenvalue weighted by Gasteiger charge is 2.24. The highest BCUT2D eigenvalue weighted by atomic mass is 16.5. The van der Waals surface area contributed by atoms with Gasteiger partial charge in [0, 0.05) is 42.7 Å². The molecule has 0 aliphatic carbocycles. The van der Waals surface area contributed by atoms with Crippen LogP contribution in [0.25, 0.3) is 11.0 Å². The van der Waals surface area contributed by atoms with Crippen molar-refractivity contribution in [1.29, 1.82) is 0 Å². The Morgan fingerprint density at radius 2 is 1.88 bits per heavy atom. The fourth-order valence-corrected chi connectivity index (χ4v) is 4.27. The molecule has 168 valence electrons. The lowest BCUT2D eigenvalue weighted by atomic mass is 10.0. The Morgan fingerprint density at radius 3 is 2.59 bits per heavy atom. The fraction of sp³-hybridized carbons (Fsp3) is 0.385. The predicted molar refractivity (Wildman–Crippen MR) is 125 cm³/mol. The van der Waals surface area contributed by atoms with Gasteiger partial charge in [-0.1, -0.05) is 30.3 Å². The van der Waals surface area contributed by atoms with Gasteiger partial charge >= 0.3 is 5.63 Å². The van der Waals surface area contributed by atoms with Crippen molar-refractivity contribution in [3.63, 3.8) is 0 Å². The summed E-state index contributed by atoms with van der Waals surface area (Å²) in [7, 11) is 0. The van der Waals surface area contributed by atoms with Gasteiger partial charge in [-0.3, -0.25) is 9.69 Å². The molecular weight excluding hydrogens is 404 g/mol. The molecule has 1 aliphatic heterocycles. The number of likely N-dealkylation sites (tertiary alicyclic amines) is 1. The smallest absolute Gasteiger partial charge is 0.336 e. The number of fused-ring (bicyclic) bond motifs is 1. The molecule has 1 aromatic heterocycles. The number of carbonyl (C=O) groups is 1. The zero-order valence-corrected chi connectivity index (χ0v) is 18.9. The van der Waals surface area contributed by atoms with Crippen LogP contribution in [0.15, 0.2) is 57.7 Å². The summed E-state index contributed by atoms with van der Waals surface area (Å²) in [5.74, 6) is 0.420. The fourth-order valence-electron chi connectivity index (χ4n) is 4.27. The van der Waals surface area contributed by atoms with Crippen molar-refractivity contribution in [3.05, 3.63) is 75.6 Å². The normalized spacial score (nSPS) is 16.1. The number of nitrogens with zero attached hydrogens (tertiary/aromatic N) is 1. The minimum absolute atomic E-state index is 0.128. The number of benzene rings is 2. The van der Waals surface area contributed by atoms with Crippen molar-refractivity contribution in [2.75, 3.05) is 13.1 Å². The molecule has 6 heteroatoms. The van der Waals surface area contributed by atoms with Gasteiger partial charge in [-0.15, -0.1) is 0 Å². The number of amides is 1. The summed E-state index contributed by atoms with van der Waals surface area (Å²) in [6, 6.07) is 15.8. The molecule has 4 rings (SSSR count). The molecule has 1 atom stereocenters. The summed E-state index contributed by atoms with van der Waals surface area (Å²) in [4.78, 5) is 26.9. The van der Waals surface area contributed by atoms with Gasteiger partial charge in [0.1, 0.15) is 11.3 Å². The third kappa shape index (κ3) is 5.02. The van der Waals surface area contributed by atoms with E-state index in [1.165, 1.54) is 11.6 Å². The Kier molecular flexibility index (Phi) is 6.61. The van der Waals surface area contributed by atoms with E-state index in [2.05, 4.69) is 34.5 Å². The first-order valence-electron chi connectivity index (χ1n) is 11.2. The number of rotatable bonds is 6. The second-order valence-corrected chi connectivity index (χ2v) is 8.62. The third-order valence-corrected chi connectivity index (χ3v) is 6.17. The molecule has 1 amide bonds. The number of aryl methyl sites for hydroxylation is 2. The van der Waals surface area contributed by atoms with Crippen molar-refractivity contribution in [2.45, 2.75) is 52.3 Å². The van der Waals surface area contributed by atoms with Crippen molar-refractivity contribution in [3.8, 4) is 5.75 Å². The van der Waals surface area contributed by atoms with Gasteiger partial charge in [0.25, 0.3) is 5.91 Å². The SMILES string of the molecule is Cc1cc(=O)oc2c(C)c(O[C@@H](C)C(=O)NC3CCN(Cc4ccccc4)CC3)ccc12.